The van der Waals surface area contributed by atoms with Crippen molar-refractivity contribution in [3.05, 3.63) is 71.0 Å². The summed E-state index contributed by atoms with van der Waals surface area (Å²) in [4.78, 5) is 4.72. The van der Waals surface area contributed by atoms with Crippen LogP contribution in [0.25, 0.3) is 0 Å². The van der Waals surface area contributed by atoms with E-state index in [2.05, 4.69) is 9.80 Å². The summed E-state index contributed by atoms with van der Waals surface area (Å²) in [5.74, 6) is 0.0499. The highest BCUT2D eigenvalue weighted by Gasteiger charge is 2.37. The van der Waals surface area contributed by atoms with E-state index in [-0.39, 0.29) is 17.7 Å². The number of nitrogens with zero attached hydrogens (tertiary/aromatic N) is 2. The lowest BCUT2D eigenvalue weighted by atomic mass is 9.87. The number of likely N-dealkylation sites (tertiary alicyclic amines) is 2. The maximum atomic E-state index is 13.6. The minimum Gasteiger partial charge on any atom is -0.303 e. The summed E-state index contributed by atoms with van der Waals surface area (Å²) in [6.45, 7) is 5.15. The van der Waals surface area contributed by atoms with E-state index < -0.39 is 11.7 Å². The molecule has 0 saturated carbocycles. The van der Waals surface area contributed by atoms with Crippen molar-refractivity contribution in [2.24, 2.45) is 5.92 Å². The van der Waals surface area contributed by atoms with Gasteiger partial charge in [-0.15, -0.1) is 0 Å². The fourth-order valence-electron chi connectivity index (χ4n) is 4.97. The van der Waals surface area contributed by atoms with Crippen molar-refractivity contribution >= 4 is 0 Å². The van der Waals surface area contributed by atoms with E-state index in [9.17, 15) is 17.6 Å². The first kappa shape index (κ1) is 21.3. The van der Waals surface area contributed by atoms with E-state index in [1.165, 1.54) is 43.5 Å². The molecule has 2 aliphatic rings. The molecule has 2 heterocycles. The number of rotatable bonds is 5. The monoisotopic (exact) mass is 420 g/mol. The van der Waals surface area contributed by atoms with Gasteiger partial charge in [0.25, 0.3) is 0 Å². The number of piperidine rings is 1. The first-order valence-corrected chi connectivity index (χ1v) is 10.7. The molecule has 162 valence electrons. The van der Waals surface area contributed by atoms with E-state index >= 15 is 0 Å². The molecule has 0 aromatic heterocycles. The largest absolute Gasteiger partial charge is 0.416 e. The third-order valence-electron chi connectivity index (χ3n) is 6.40. The fraction of sp³-hybridized carbons (Fsp3) is 0.500. The molecule has 0 amide bonds. The molecule has 2 saturated heterocycles. The van der Waals surface area contributed by atoms with Crippen LogP contribution in [-0.2, 0) is 12.7 Å². The summed E-state index contributed by atoms with van der Waals surface area (Å²) in [5.41, 5.74) is 1.07. The number of halogens is 4. The van der Waals surface area contributed by atoms with Gasteiger partial charge in [-0.05, 0) is 61.2 Å². The van der Waals surface area contributed by atoms with Gasteiger partial charge in [0.2, 0.25) is 0 Å². The van der Waals surface area contributed by atoms with Gasteiger partial charge in [0.1, 0.15) is 5.82 Å². The number of hydrogen-bond acceptors (Lipinski definition) is 2. The average molecular weight is 420 g/mol. The van der Waals surface area contributed by atoms with E-state index in [0.717, 1.165) is 43.4 Å². The van der Waals surface area contributed by atoms with Gasteiger partial charge in [-0.2, -0.15) is 13.2 Å². The van der Waals surface area contributed by atoms with Gasteiger partial charge in [0.15, 0.2) is 0 Å². The lowest BCUT2D eigenvalue weighted by Crippen LogP contribution is -2.36. The highest BCUT2D eigenvalue weighted by atomic mass is 19.4. The zero-order valence-corrected chi connectivity index (χ0v) is 17.0. The van der Waals surface area contributed by atoms with Crippen molar-refractivity contribution in [3.63, 3.8) is 0 Å². The topological polar surface area (TPSA) is 6.48 Å². The summed E-state index contributed by atoms with van der Waals surface area (Å²) >= 11 is 0. The van der Waals surface area contributed by atoms with Crippen LogP contribution in [0.2, 0.25) is 0 Å². The molecule has 0 spiro atoms. The van der Waals surface area contributed by atoms with Gasteiger partial charge < -0.3 is 4.90 Å². The molecule has 0 unspecified atom stereocenters. The summed E-state index contributed by atoms with van der Waals surface area (Å²) in [6.07, 6.45) is -0.704. The maximum absolute atomic E-state index is 13.6. The summed E-state index contributed by atoms with van der Waals surface area (Å²) in [6, 6.07) is 12.4. The summed E-state index contributed by atoms with van der Waals surface area (Å²) in [7, 11) is 0. The standard InChI is InChI=1S/C24H28F4N2/c25-22-9-4-6-18(12-22)14-30-16-20(15-29-10-2-1-3-11-29)23(17-30)19-7-5-8-21(13-19)24(26,27)28/h4-9,12-13,20,23H,1-3,10-11,14-17H2/t20-,23-/m0/s1. The Morgan fingerprint density at radius 2 is 1.63 bits per heavy atom. The molecule has 2 fully saturated rings. The van der Waals surface area contributed by atoms with Crippen LogP contribution >= 0.6 is 0 Å². The molecule has 2 aromatic rings. The molecule has 0 bridgehead atoms. The third kappa shape index (κ3) is 5.22. The Balaban J connectivity index is 1.55. The predicted molar refractivity (Wildman–Crippen MR) is 110 cm³/mol. The minimum absolute atomic E-state index is 0.0442. The quantitative estimate of drug-likeness (QED) is 0.586. The normalized spacial score (nSPS) is 23.7. The summed E-state index contributed by atoms with van der Waals surface area (Å²) < 4.78 is 53.4. The van der Waals surface area contributed by atoms with Crippen LogP contribution in [0.5, 0.6) is 0 Å². The molecule has 2 aromatic carbocycles. The van der Waals surface area contributed by atoms with Crippen LogP contribution in [0.15, 0.2) is 48.5 Å². The zero-order chi connectivity index (χ0) is 21.1. The Bertz CT molecular complexity index is 845. The minimum atomic E-state index is -4.34. The van der Waals surface area contributed by atoms with E-state index in [1.807, 2.05) is 12.1 Å². The van der Waals surface area contributed by atoms with Gasteiger partial charge >= 0.3 is 6.18 Å². The molecular formula is C24H28F4N2. The van der Waals surface area contributed by atoms with Gasteiger partial charge in [-0.25, -0.2) is 4.39 Å². The van der Waals surface area contributed by atoms with Crippen LogP contribution in [0, 0.1) is 11.7 Å². The Morgan fingerprint density at radius 1 is 0.867 bits per heavy atom. The second-order valence-corrected chi connectivity index (χ2v) is 8.68. The average Bonchev–Trinajstić information content (AvgIpc) is 3.10. The van der Waals surface area contributed by atoms with E-state index in [1.54, 1.807) is 6.07 Å². The van der Waals surface area contributed by atoms with Crippen molar-refractivity contribution in [1.82, 2.24) is 9.80 Å². The van der Waals surface area contributed by atoms with Crippen LogP contribution in [0.4, 0.5) is 17.6 Å². The molecule has 0 N–H and O–H groups in total. The fourth-order valence-corrected chi connectivity index (χ4v) is 4.97. The zero-order valence-electron chi connectivity index (χ0n) is 17.0. The first-order chi connectivity index (χ1) is 14.4. The molecule has 0 aliphatic carbocycles. The van der Waals surface area contributed by atoms with Crippen molar-refractivity contribution in [2.75, 3.05) is 32.7 Å². The lowest BCUT2D eigenvalue weighted by Gasteiger charge is -2.31. The van der Waals surface area contributed by atoms with Gasteiger partial charge in [0, 0.05) is 32.1 Å². The number of alkyl halides is 3. The lowest BCUT2D eigenvalue weighted by molar-refractivity contribution is -0.137. The third-order valence-corrected chi connectivity index (χ3v) is 6.40. The first-order valence-electron chi connectivity index (χ1n) is 10.7. The molecule has 2 nitrogen and oxygen atoms in total. The van der Waals surface area contributed by atoms with Crippen LogP contribution in [0.1, 0.15) is 41.9 Å². The predicted octanol–water partition coefficient (Wildman–Crippen LogP) is 5.55. The van der Waals surface area contributed by atoms with Crippen LogP contribution in [-0.4, -0.2) is 42.5 Å². The smallest absolute Gasteiger partial charge is 0.303 e. The second-order valence-electron chi connectivity index (χ2n) is 8.68. The Kier molecular flexibility index (Phi) is 6.44. The second kappa shape index (κ2) is 9.06. The van der Waals surface area contributed by atoms with Crippen molar-refractivity contribution in [2.45, 2.75) is 37.9 Å². The highest BCUT2D eigenvalue weighted by Crippen LogP contribution is 2.37. The molecule has 0 radical (unpaired) electrons. The molecule has 2 aliphatic heterocycles. The van der Waals surface area contributed by atoms with Crippen LogP contribution in [0.3, 0.4) is 0 Å². The SMILES string of the molecule is Fc1cccc(CN2C[C@H](CN3CCCCC3)[C@H](c3cccc(C(F)(F)F)c3)C2)c1. The van der Waals surface area contributed by atoms with Crippen LogP contribution < -0.4 is 0 Å². The molecule has 6 heteroatoms. The molecule has 30 heavy (non-hydrogen) atoms. The van der Waals surface area contributed by atoms with E-state index in [0.29, 0.717) is 13.1 Å². The number of benzene rings is 2. The van der Waals surface area contributed by atoms with Crippen molar-refractivity contribution < 1.29 is 17.6 Å². The molecule has 4 rings (SSSR count). The Labute approximate surface area is 175 Å². The Morgan fingerprint density at radius 3 is 2.37 bits per heavy atom. The maximum Gasteiger partial charge on any atom is 0.416 e. The van der Waals surface area contributed by atoms with Crippen molar-refractivity contribution in [3.8, 4) is 0 Å². The number of hydrogen-bond donors (Lipinski definition) is 0. The van der Waals surface area contributed by atoms with Gasteiger partial charge in [-0.3, -0.25) is 4.90 Å². The van der Waals surface area contributed by atoms with Gasteiger partial charge in [0.05, 0.1) is 5.56 Å². The molecular weight excluding hydrogens is 392 g/mol. The van der Waals surface area contributed by atoms with Crippen molar-refractivity contribution in [1.29, 1.82) is 0 Å². The van der Waals surface area contributed by atoms with E-state index in [4.69, 9.17) is 0 Å². The molecule has 2 atom stereocenters. The summed E-state index contributed by atoms with van der Waals surface area (Å²) in [5, 5.41) is 0. The highest BCUT2D eigenvalue weighted by molar-refractivity contribution is 5.30. The van der Waals surface area contributed by atoms with Gasteiger partial charge in [-0.1, -0.05) is 36.8 Å². The Hall–Kier alpha value is -1.92.